The maximum Gasteiger partial charge on any atom is 0.240 e. The van der Waals surface area contributed by atoms with Gasteiger partial charge in [0, 0.05) is 6.42 Å². The standard InChI is InChI=1S/C18H19FN2O2/c1-23-17-11-7-14(8-12-17)3-2-4-18(22)21-20-13-15-5-9-16(19)10-6-15/h5-13H,2-4H2,1H3,(H,21,22)/b20-13-. The number of methoxy groups -OCH3 is 1. The Kier molecular flexibility index (Phi) is 6.29. The van der Waals surface area contributed by atoms with E-state index in [1.165, 1.54) is 18.3 Å². The van der Waals surface area contributed by atoms with Crippen molar-refractivity contribution in [3.63, 3.8) is 0 Å². The first-order chi connectivity index (χ1) is 11.2. The molecule has 5 heteroatoms. The zero-order chi connectivity index (χ0) is 16.5. The Bertz CT molecular complexity index is 652. The van der Waals surface area contributed by atoms with Gasteiger partial charge in [-0.1, -0.05) is 24.3 Å². The topological polar surface area (TPSA) is 50.7 Å². The Hall–Kier alpha value is -2.69. The van der Waals surface area contributed by atoms with Crippen LogP contribution in [0.4, 0.5) is 4.39 Å². The molecular weight excluding hydrogens is 295 g/mol. The van der Waals surface area contributed by atoms with E-state index >= 15 is 0 Å². The Balaban J connectivity index is 1.69. The lowest BCUT2D eigenvalue weighted by Gasteiger charge is -2.03. The molecule has 23 heavy (non-hydrogen) atoms. The minimum absolute atomic E-state index is 0.142. The fourth-order valence-electron chi connectivity index (χ4n) is 2.03. The number of hydrogen-bond acceptors (Lipinski definition) is 3. The lowest BCUT2D eigenvalue weighted by molar-refractivity contribution is -0.121. The van der Waals surface area contributed by atoms with Gasteiger partial charge >= 0.3 is 0 Å². The van der Waals surface area contributed by atoms with Gasteiger partial charge in [-0.2, -0.15) is 5.10 Å². The number of aryl methyl sites for hydroxylation is 1. The quantitative estimate of drug-likeness (QED) is 0.629. The molecule has 0 fully saturated rings. The van der Waals surface area contributed by atoms with E-state index in [0.29, 0.717) is 6.42 Å². The zero-order valence-electron chi connectivity index (χ0n) is 13.0. The van der Waals surface area contributed by atoms with Crippen LogP contribution in [0, 0.1) is 5.82 Å². The third-order valence-corrected chi connectivity index (χ3v) is 3.30. The number of hydrazone groups is 1. The molecule has 0 aliphatic heterocycles. The van der Waals surface area contributed by atoms with Gasteiger partial charge in [-0.3, -0.25) is 4.79 Å². The highest BCUT2D eigenvalue weighted by Crippen LogP contribution is 2.13. The molecule has 0 saturated carbocycles. The van der Waals surface area contributed by atoms with E-state index in [1.807, 2.05) is 24.3 Å². The third kappa shape index (κ3) is 5.90. The summed E-state index contributed by atoms with van der Waals surface area (Å²) in [5, 5.41) is 3.86. The average Bonchev–Trinajstić information content (AvgIpc) is 2.57. The van der Waals surface area contributed by atoms with Crippen LogP contribution in [0.1, 0.15) is 24.0 Å². The molecule has 2 aromatic carbocycles. The van der Waals surface area contributed by atoms with Crippen molar-refractivity contribution in [2.45, 2.75) is 19.3 Å². The molecule has 0 spiro atoms. The average molecular weight is 314 g/mol. The molecule has 0 aromatic heterocycles. The molecule has 0 bridgehead atoms. The van der Waals surface area contributed by atoms with Gasteiger partial charge in [-0.05, 0) is 48.2 Å². The highest BCUT2D eigenvalue weighted by Gasteiger charge is 2.01. The molecular formula is C18H19FN2O2. The van der Waals surface area contributed by atoms with Crippen molar-refractivity contribution in [1.82, 2.24) is 5.43 Å². The van der Waals surface area contributed by atoms with Gasteiger partial charge in [-0.15, -0.1) is 0 Å². The van der Waals surface area contributed by atoms with Crippen LogP contribution in [0.25, 0.3) is 0 Å². The summed E-state index contributed by atoms with van der Waals surface area (Å²) in [6, 6.07) is 13.7. The fourth-order valence-corrected chi connectivity index (χ4v) is 2.03. The molecule has 0 aliphatic rings. The molecule has 0 aliphatic carbocycles. The van der Waals surface area contributed by atoms with Crippen LogP contribution in [0.5, 0.6) is 5.75 Å². The summed E-state index contributed by atoms with van der Waals surface area (Å²) in [5.41, 5.74) is 4.35. The molecule has 0 atom stereocenters. The van der Waals surface area contributed by atoms with E-state index in [0.717, 1.165) is 29.7 Å². The van der Waals surface area contributed by atoms with E-state index in [1.54, 1.807) is 19.2 Å². The Morgan fingerprint density at radius 2 is 1.87 bits per heavy atom. The van der Waals surface area contributed by atoms with Crippen molar-refractivity contribution in [2.75, 3.05) is 7.11 Å². The van der Waals surface area contributed by atoms with Crippen LogP contribution >= 0.6 is 0 Å². The lowest BCUT2D eigenvalue weighted by Crippen LogP contribution is -2.17. The van der Waals surface area contributed by atoms with Crippen molar-refractivity contribution in [1.29, 1.82) is 0 Å². The molecule has 1 amide bonds. The third-order valence-electron chi connectivity index (χ3n) is 3.30. The maximum absolute atomic E-state index is 12.7. The number of ether oxygens (including phenoxy) is 1. The molecule has 0 radical (unpaired) electrons. The first kappa shape index (κ1) is 16.7. The predicted octanol–water partition coefficient (Wildman–Crippen LogP) is 3.31. The van der Waals surface area contributed by atoms with E-state index in [-0.39, 0.29) is 11.7 Å². The normalized spacial score (nSPS) is 10.7. The second-order valence-corrected chi connectivity index (χ2v) is 5.05. The van der Waals surface area contributed by atoms with E-state index in [4.69, 9.17) is 4.74 Å². The van der Waals surface area contributed by atoms with Gasteiger partial charge in [-0.25, -0.2) is 9.82 Å². The van der Waals surface area contributed by atoms with Crippen LogP contribution < -0.4 is 10.2 Å². The van der Waals surface area contributed by atoms with Crippen molar-refractivity contribution in [3.8, 4) is 5.75 Å². The van der Waals surface area contributed by atoms with Gasteiger partial charge in [0.05, 0.1) is 13.3 Å². The van der Waals surface area contributed by atoms with E-state index in [9.17, 15) is 9.18 Å². The molecule has 0 unspecified atom stereocenters. The van der Waals surface area contributed by atoms with Crippen LogP contribution in [-0.2, 0) is 11.2 Å². The predicted molar refractivity (Wildman–Crippen MR) is 88.1 cm³/mol. The first-order valence-electron chi connectivity index (χ1n) is 7.38. The van der Waals surface area contributed by atoms with Crippen LogP contribution in [0.3, 0.4) is 0 Å². The molecule has 2 aromatic rings. The second-order valence-electron chi connectivity index (χ2n) is 5.05. The number of nitrogens with one attached hydrogen (secondary N) is 1. The van der Waals surface area contributed by atoms with Crippen molar-refractivity contribution < 1.29 is 13.9 Å². The molecule has 0 saturated heterocycles. The molecule has 0 heterocycles. The van der Waals surface area contributed by atoms with Gasteiger partial charge < -0.3 is 4.74 Å². The minimum Gasteiger partial charge on any atom is -0.497 e. The number of hydrogen-bond donors (Lipinski definition) is 1. The zero-order valence-corrected chi connectivity index (χ0v) is 13.0. The summed E-state index contributed by atoms with van der Waals surface area (Å²) in [7, 11) is 1.63. The summed E-state index contributed by atoms with van der Waals surface area (Å²) in [4.78, 5) is 11.7. The second kappa shape index (κ2) is 8.68. The number of benzene rings is 2. The summed E-state index contributed by atoms with van der Waals surface area (Å²) in [6.07, 6.45) is 3.44. The SMILES string of the molecule is COc1ccc(CCCC(=O)N/N=C\c2ccc(F)cc2)cc1. The van der Waals surface area contributed by atoms with Crippen LogP contribution in [0.15, 0.2) is 53.6 Å². The maximum atomic E-state index is 12.7. The van der Waals surface area contributed by atoms with Crippen molar-refractivity contribution in [2.24, 2.45) is 5.10 Å². The van der Waals surface area contributed by atoms with Gasteiger partial charge in [0.25, 0.3) is 0 Å². The molecule has 2 rings (SSSR count). The number of halogens is 1. The summed E-state index contributed by atoms with van der Waals surface area (Å²) >= 11 is 0. The first-order valence-corrected chi connectivity index (χ1v) is 7.38. The largest absolute Gasteiger partial charge is 0.497 e. The minimum atomic E-state index is -0.301. The summed E-state index contributed by atoms with van der Waals surface area (Å²) < 4.78 is 17.8. The molecule has 120 valence electrons. The van der Waals surface area contributed by atoms with Gasteiger partial charge in [0.1, 0.15) is 11.6 Å². The van der Waals surface area contributed by atoms with E-state index in [2.05, 4.69) is 10.5 Å². The lowest BCUT2D eigenvalue weighted by atomic mass is 10.1. The van der Waals surface area contributed by atoms with Gasteiger partial charge in [0.15, 0.2) is 0 Å². The van der Waals surface area contributed by atoms with Crippen molar-refractivity contribution >= 4 is 12.1 Å². The summed E-state index contributed by atoms with van der Waals surface area (Å²) in [6.45, 7) is 0. The van der Waals surface area contributed by atoms with Crippen LogP contribution in [0.2, 0.25) is 0 Å². The number of nitrogens with zero attached hydrogens (tertiary/aromatic N) is 1. The molecule has 4 nitrogen and oxygen atoms in total. The van der Waals surface area contributed by atoms with Crippen molar-refractivity contribution in [3.05, 3.63) is 65.5 Å². The Labute approximate surface area is 135 Å². The smallest absolute Gasteiger partial charge is 0.240 e. The molecule has 1 N–H and O–H groups in total. The van der Waals surface area contributed by atoms with Gasteiger partial charge in [0.2, 0.25) is 5.91 Å². The number of carbonyl (C=O) groups excluding carboxylic acids is 1. The summed E-state index contributed by atoms with van der Waals surface area (Å²) in [5.74, 6) is 0.378. The van der Waals surface area contributed by atoms with Crippen LogP contribution in [-0.4, -0.2) is 19.2 Å². The number of carbonyl (C=O) groups is 1. The highest BCUT2D eigenvalue weighted by molar-refractivity contribution is 5.82. The number of amides is 1. The highest BCUT2D eigenvalue weighted by atomic mass is 19.1. The monoisotopic (exact) mass is 314 g/mol. The Morgan fingerprint density at radius 3 is 2.52 bits per heavy atom. The van der Waals surface area contributed by atoms with E-state index < -0.39 is 0 Å². The number of rotatable bonds is 7. The Morgan fingerprint density at radius 1 is 1.17 bits per heavy atom. The fraction of sp³-hybridized carbons (Fsp3) is 0.222.